The Balaban J connectivity index is 2.94. The highest BCUT2D eigenvalue weighted by molar-refractivity contribution is 5.49. The van der Waals surface area contributed by atoms with Gasteiger partial charge in [-0.05, 0) is 32.9 Å². The summed E-state index contributed by atoms with van der Waals surface area (Å²) in [5.74, 6) is 3.69. The van der Waals surface area contributed by atoms with Crippen molar-refractivity contribution in [1.29, 1.82) is 0 Å². The van der Waals surface area contributed by atoms with Crippen LogP contribution in [0.25, 0.3) is 0 Å². The monoisotopic (exact) mass is 245 g/mol. The zero-order valence-electron chi connectivity index (χ0n) is 11.6. The molecule has 1 aromatic heterocycles. The van der Waals surface area contributed by atoms with E-state index in [1.807, 2.05) is 12.3 Å². The Labute approximate surface area is 111 Å². The van der Waals surface area contributed by atoms with E-state index in [1.165, 1.54) is 5.56 Å². The van der Waals surface area contributed by atoms with Gasteiger partial charge in [-0.1, -0.05) is 18.9 Å². The molecule has 1 N–H and O–H groups in total. The molecule has 1 unspecified atom stereocenters. The van der Waals surface area contributed by atoms with Crippen LogP contribution in [0.5, 0.6) is 0 Å². The predicted molar refractivity (Wildman–Crippen MR) is 77.7 cm³/mol. The highest BCUT2D eigenvalue weighted by atomic mass is 15.2. The summed E-state index contributed by atoms with van der Waals surface area (Å²) in [5, 5.41) is 3.49. The Morgan fingerprint density at radius 2 is 2.28 bits per heavy atom. The standard InChI is InChI=1S/C15H23N3/c1-5-10-16-13(4)14-9-8-11-17-15(14)18(7-3)12-6-2/h2,8-9,11,13,16H,5,7,10,12H2,1,3-4H3. The molecule has 1 rings (SSSR count). The highest BCUT2D eigenvalue weighted by Crippen LogP contribution is 2.23. The Hall–Kier alpha value is -1.53. The van der Waals surface area contributed by atoms with Crippen LogP contribution in [0.1, 0.15) is 38.8 Å². The van der Waals surface area contributed by atoms with Crippen LogP contribution >= 0.6 is 0 Å². The second kappa shape index (κ2) is 7.73. The van der Waals surface area contributed by atoms with Crippen LogP contribution in [-0.4, -0.2) is 24.6 Å². The van der Waals surface area contributed by atoms with Crippen LogP contribution < -0.4 is 10.2 Å². The SMILES string of the molecule is C#CCN(CC)c1ncccc1C(C)NCCC. The van der Waals surface area contributed by atoms with Crippen LogP contribution in [0.3, 0.4) is 0 Å². The molecule has 0 bridgehead atoms. The van der Waals surface area contributed by atoms with Crippen molar-refractivity contribution in [3.8, 4) is 12.3 Å². The Kier molecular flexibility index (Phi) is 6.24. The molecule has 1 aromatic rings. The van der Waals surface area contributed by atoms with E-state index in [0.717, 1.165) is 25.3 Å². The molecule has 0 aromatic carbocycles. The minimum absolute atomic E-state index is 0.292. The molecular weight excluding hydrogens is 222 g/mol. The average molecular weight is 245 g/mol. The van der Waals surface area contributed by atoms with Gasteiger partial charge in [0, 0.05) is 24.3 Å². The van der Waals surface area contributed by atoms with Crippen molar-refractivity contribution in [1.82, 2.24) is 10.3 Å². The molecule has 0 saturated heterocycles. The summed E-state index contributed by atoms with van der Waals surface area (Å²) in [6, 6.07) is 4.39. The highest BCUT2D eigenvalue weighted by Gasteiger charge is 2.14. The first-order valence-electron chi connectivity index (χ1n) is 6.61. The Morgan fingerprint density at radius 1 is 1.50 bits per heavy atom. The number of terminal acetylenes is 1. The summed E-state index contributed by atoms with van der Waals surface area (Å²) in [7, 11) is 0. The number of nitrogens with one attached hydrogen (secondary N) is 1. The number of nitrogens with zero attached hydrogens (tertiary/aromatic N) is 2. The summed E-state index contributed by atoms with van der Waals surface area (Å²) >= 11 is 0. The summed E-state index contributed by atoms with van der Waals surface area (Å²) < 4.78 is 0. The van der Waals surface area contributed by atoms with Crippen molar-refractivity contribution in [3.63, 3.8) is 0 Å². The van der Waals surface area contributed by atoms with E-state index in [-0.39, 0.29) is 0 Å². The van der Waals surface area contributed by atoms with Crippen molar-refractivity contribution < 1.29 is 0 Å². The second-order valence-electron chi connectivity index (χ2n) is 4.31. The first-order chi connectivity index (χ1) is 8.74. The molecule has 3 nitrogen and oxygen atoms in total. The van der Waals surface area contributed by atoms with Gasteiger partial charge in [0.05, 0.1) is 6.54 Å². The van der Waals surface area contributed by atoms with Crippen molar-refractivity contribution in [2.75, 3.05) is 24.5 Å². The predicted octanol–water partition coefficient (Wildman–Crippen LogP) is 2.60. The smallest absolute Gasteiger partial charge is 0.134 e. The van der Waals surface area contributed by atoms with Gasteiger partial charge in [0.15, 0.2) is 0 Å². The molecule has 0 aliphatic heterocycles. The quantitative estimate of drug-likeness (QED) is 0.748. The summed E-state index contributed by atoms with van der Waals surface area (Å²) in [5.41, 5.74) is 1.21. The Morgan fingerprint density at radius 3 is 2.89 bits per heavy atom. The molecule has 0 radical (unpaired) electrons. The van der Waals surface area contributed by atoms with E-state index in [2.05, 4.69) is 48.0 Å². The maximum absolute atomic E-state index is 5.41. The number of anilines is 1. The largest absolute Gasteiger partial charge is 0.345 e. The fourth-order valence-corrected chi connectivity index (χ4v) is 1.93. The number of hydrogen-bond acceptors (Lipinski definition) is 3. The van der Waals surface area contributed by atoms with E-state index in [4.69, 9.17) is 6.42 Å². The van der Waals surface area contributed by atoms with Gasteiger partial charge in [-0.3, -0.25) is 0 Å². The van der Waals surface area contributed by atoms with Crippen LogP contribution in [0.2, 0.25) is 0 Å². The fourth-order valence-electron chi connectivity index (χ4n) is 1.93. The van der Waals surface area contributed by atoms with Gasteiger partial charge in [-0.2, -0.15) is 0 Å². The number of aromatic nitrogens is 1. The number of pyridine rings is 1. The van der Waals surface area contributed by atoms with Gasteiger partial charge in [0.25, 0.3) is 0 Å². The first kappa shape index (κ1) is 14.5. The minimum Gasteiger partial charge on any atom is -0.345 e. The van der Waals surface area contributed by atoms with Gasteiger partial charge >= 0.3 is 0 Å². The summed E-state index contributed by atoms with van der Waals surface area (Å²) in [6.45, 7) is 8.91. The molecule has 18 heavy (non-hydrogen) atoms. The lowest BCUT2D eigenvalue weighted by molar-refractivity contribution is 0.568. The third kappa shape index (κ3) is 3.75. The van der Waals surface area contributed by atoms with Gasteiger partial charge in [-0.25, -0.2) is 4.98 Å². The Bertz CT molecular complexity index is 395. The van der Waals surface area contributed by atoms with Crippen molar-refractivity contribution in [2.24, 2.45) is 0 Å². The molecule has 98 valence electrons. The van der Waals surface area contributed by atoms with Gasteiger partial charge in [0.2, 0.25) is 0 Å². The molecule has 0 aliphatic carbocycles. The molecule has 1 heterocycles. The van der Waals surface area contributed by atoms with Gasteiger partial charge < -0.3 is 10.2 Å². The van der Waals surface area contributed by atoms with Crippen LogP contribution in [0.15, 0.2) is 18.3 Å². The lowest BCUT2D eigenvalue weighted by atomic mass is 10.1. The molecule has 0 saturated carbocycles. The molecule has 3 heteroatoms. The lowest BCUT2D eigenvalue weighted by Gasteiger charge is -2.25. The van der Waals surface area contributed by atoms with E-state index in [0.29, 0.717) is 12.6 Å². The summed E-state index contributed by atoms with van der Waals surface area (Å²) in [6.07, 6.45) is 8.36. The maximum atomic E-state index is 5.41. The number of rotatable bonds is 7. The minimum atomic E-state index is 0.292. The van der Waals surface area contributed by atoms with E-state index >= 15 is 0 Å². The van der Waals surface area contributed by atoms with Gasteiger partial charge in [0.1, 0.15) is 5.82 Å². The summed E-state index contributed by atoms with van der Waals surface area (Å²) in [4.78, 5) is 6.61. The third-order valence-electron chi connectivity index (χ3n) is 2.95. The molecule has 1 atom stereocenters. The van der Waals surface area contributed by atoms with Crippen molar-refractivity contribution in [3.05, 3.63) is 23.9 Å². The van der Waals surface area contributed by atoms with Crippen LogP contribution in [-0.2, 0) is 0 Å². The molecule has 0 fully saturated rings. The zero-order valence-corrected chi connectivity index (χ0v) is 11.6. The van der Waals surface area contributed by atoms with Crippen LogP contribution in [0, 0.1) is 12.3 Å². The topological polar surface area (TPSA) is 28.2 Å². The zero-order chi connectivity index (χ0) is 13.4. The van der Waals surface area contributed by atoms with E-state index in [1.54, 1.807) is 0 Å². The third-order valence-corrected chi connectivity index (χ3v) is 2.95. The van der Waals surface area contributed by atoms with Crippen molar-refractivity contribution >= 4 is 5.82 Å². The van der Waals surface area contributed by atoms with Gasteiger partial charge in [-0.15, -0.1) is 6.42 Å². The normalized spacial score (nSPS) is 11.9. The lowest BCUT2D eigenvalue weighted by Crippen LogP contribution is -2.28. The molecule has 0 amide bonds. The fraction of sp³-hybridized carbons (Fsp3) is 0.533. The van der Waals surface area contributed by atoms with Crippen molar-refractivity contribution in [2.45, 2.75) is 33.2 Å². The second-order valence-corrected chi connectivity index (χ2v) is 4.31. The first-order valence-corrected chi connectivity index (χ1v) is 6.61. The molecule has 0 aliphatic rings. The van der Waals surface area contributed by atoms with E-state index in [9.17, 15) is 0 Å². The van der Waals surface area contributed by atoms with E-state index < -0.39 is 0 Å². The molecular formula is C15H23N3. The number of hydrogen-bond donors (Lipinski definition) is 1. The van der Waals surface area contributed by atoms with Crippen LogP contribution in [0.4, 0.5) is 5.82 Å². The average Bonchev–Trinajstić information content (AvgIpc) is 2.42. The molecule has 0 spiro atoms. The maximum Gasteiger partial charge on any atom is 0.134 e.